The van der Waals surface area contributed by atoms with Crippen molar-refractivity contribution in [3.63, 3.8) is 0 Å². The highest BCUT2D eigenvalue weighted by Gasteiger charge is 2.48. The summed E-state index contributed by atoms with van der Waals surface area (Å²) in [6, 6.07) is 0.838. The second kappa shape index (κ2) is 4.33. The van der Waals surface area contributed by atoms with Gasteiger partial charge in [0.05, 0.1) is 0 Å². The van der Waals surface area contributed by atoms with Gasteiger partial charge in [-0.15, -0.1) is 0 Å². The zero-order valence-corrected chi connectivity index (χ0v) is 10.8. The van der Waals surface area contributed by atoms with Gasteiger partial charge in [0.15, 0.2) is 0 Å². The molecule has 2 atom stereocenters. The van der Waals surface area contributed by atoms with Crippen LogP contribution in [0.1, 0.15) is 64.7 Å². The molecule has 16 heavy (non-hydrogen) atoms. The van der Waals surface area contributed by atoms with Gasteiger partial charge < -0.3 is 5.32 Å². The van der Waals surface area contributed by atoms with Gasteiger partial charge in [-0.25, -0.2) is 0 Å². The highest BCUT2D eigenvalue weighted by molar-refractivity contribution is 5.01. The van der Waals surface area contributed by atoms with Crippen LogP contribution in [0.2, 0.25) is 0 Å². The molecule has 3 aliphatic rings. The summed E-state index contributed by atoms with van der Waals surface area (Å²) in [4.78, 5) is 0. The molecule has 0 aliphatic heterocycles. The van der Waals surface area contributed by atoms with Crippen LogP contribution in [0.3, 0.4) is 0 Å². The lowest BCUT2D eigenvalue weighted by Crippen LogP contribution is -2.47. The number of rotatable bonds is 4. The van der Waals surface area contributed by atoms with E-state index in [1.165, 1.54) is 64.3 Å². The second-order valence-corrected chi connectivity index (χ2v) is 6.74. The predicted molar refractivity (Wildman–Crippen MR) is 68.4 cm³/mol. The third-order valence-electron chi connectivity index (χ3n) is 5.62. The molecule has 2 unspecified atom stereocenters. The Balaban J connectivity index is 1.51. The van der Waals surface area contributed by atoms with Crippen molar-refractivity contribution in [1.29, 1.82) is 0 Å². The fraction of sp³-hybridized carbons (Fsp3) is 1.00. The zero-order valence-electron chi connectivity index (χ0n) is 10.8. The summed E-state index contributed by atoms with van der Waals surface area (Å²) in [7, 11) is 0. The Morgan fingerprint density at radius 2 is 1.75 bits per heavy atom. The Labute approximate surface area is 100 Å². The van der Waals surface area contributed by atoms with Crippen molar-refractivity contribution < 1.29 is 0 Å². The van der Waals surface area contributed by atoms with Crippen molar-refractivity contribution in [2.24, 2.45) is 17.3 Å². The van der Waals surface area contributed by atoms with E-state index in [9.17, 15) is 0 Å². The maximum absolute atomic E-state index is 3.94. The van der Waals surface area contributed by atoms with Gasteiger partial charge in [-0.1, -0.05) is 26.2 Å². The van der Waals surface area contributed by atoms with Crippen molar-refractivity contribution in [3.8, 4) is 0 Å². The van der Waals surface area contributed by atoms with Crippen LogP contribution in [0.4, 0.5) is 0 Å². The van der Waals surface area contributed by atoms with Gasteiger partial charge >= 0.3 is 0 Å². The first-order chi connectivity index (χ1) is 7.80. The summed E-state index contributed by atoms with van der Waals surface area (Å²) in [5.41, 5.74) is 0.761. The first-order valence-electron chi connectivity index (χ1n) is 7.54. The predicted octanol–water partition coefficient (Wildman–Crippen LogP) is 3.74. The summed E-state index contributed by atoms with van der Waals surface area (Å²) >= 11 is 0. The maximum atomic E-state index is 3.94. The molecule has 0 aromatic rings. The van der Waals surface area contributed by atoms with Gasteiger partial charge in [0.2, 0.25) is 0 Å². The van der Waals surface area contributed by atoms with Crippen molar-refractivity contribution in [1.82, 2.24) is 5.32 Å². The molecule has 3 saturated carbocycles. The second-order valence-electron chi connectivity index (χ2n) is 6.74. The van der Waals surface area contributed by atoms with Gasteiger partial charge in [0.1, 0.15) is 0 Å². The first kappa shape index (κ1) is 11.1. The average Bonchev–Trinajstić information content (AvgIpc) is 3.03. The SMILES string of the molecule is CC1CCCCC1NCC1(C2CC2)CCC1. The third kappa shape index (κ3) is 2.03. The van der Waals surface area contributed by atoms with Gasteiger partial charge in [-0.3, -0.25) is 0 Å². The molecule has 3 aliphatic carbocycles. The minimum atomic E-state index is 0.761. The van der Waals surface area contributed by atoms with E-state index in [2.05, 4.69) is 12.2 Å². The fourth-order valence-corrected chi connectivity index (χ4v) is 4.01. The smallest absolute Gasteiger partial charge is 0.00929 e. The van der Waals surface area contributed by atoms with Crippen molar-refractivity contribution in [3.05, 3.63) is 0 Å². The van der Waals surface area contributed by atoms with E-state index >= 15 is 0 Å². The van der Waals surface area contributed by atoms with Crippen molar-refractivity contribution in [2.45, 2.75) is 70.8 Å². The van der Waals surface area contributed by atoms with Crippen molar-refractivity contribution >= 4 is 0 Å². The van der Waals surface area contributed by atoms with Crippen LogP contribution in [-0.2, 0) is 0 Å². The molecule has 0 aromatic heterocycles. The molecule has 1 nitrogen and oxygen atoms in total. The lowest BCUT2D eigenvalue weighted by Gasteiger charge is -2.44. The summed E-state index contributed by atoms with van der Waals surface area (Å²) in [6.45, 7) is 3.79. The Hall–Kier alpha value is -0.0400. The topological polar surface area (TPSA) is 12.0 Å². The summed E-state index contributed by atoms with van der Waals surface area (Å²) < 4.78 is 0. The van der Waals surface area contributed by atoms with Crippen LogP contribution in [0.5, 0.6) is 0 Å². The van der Waals surface area contributed by atoms with E-state index in [4.69, 9.17) is 0 Å². The van der Waals surface area contributed by atoms with Crippen LogP contribution in [-0.4, -0.2) is 12.6 Å². The van der Waals surface area contributed by atoms with Crippen LogP contribution >= 0.6 is 0 Å². The van der Waals surface area contributed by atoms with E-state index in [1.807, 2.05) is 0 Å². The first-order valence-corrected chi connectivity index (χ1v) is 7.54. The van der Waals surface area contributed by atoms with Crippen LogP contribution in [0, 0.1) is 17.3 Å². The molecule has 3 fully saturated rings. The van der Waals surface area contributed by atoms with Gasteiger partial charge in [-0.2, -0.15) is 0 Å². The Kier molecular flexibility index (Phi) is 2.99. The molecule has 0 saturated heterocycles. The van der Waals surface area contributed by atoms with Crippen LogP contribution < -0.4 is 5.32 Å². The molecular weight excluding hydrogens is 194 g/mol. The molecule has 0 amide bonds. The molecular formula is C15H27N. The Bertz CT molecular complexity index is 240. The third-order valence-corrected chi connectivity index (χ3v) is 5.62. The number of hydrogen-bond donors (Lipinski definition) is 1. The molecule has 1 N–H and O–H groups in total. The average molecular weight is 221 g/mol. The van der Waals surface area contributed by atoms with Crippen LogP contribution in [0.25, 0.3) is 0 Å². The van der Waals surface area contributed by atoms with Crippen molar-refractivity contribution in [2.75, 3.05) is 6.54 Å². The van der Waals surface area contributed by atoms with Gasteiger partial charge in [0, 0.05) is 12.6 Å². The van der Waals surface area contributed by atoms with Crippen LogP contribution in [0.15, 0.2) is 0 Å². The van der Waals surface area contributed by atoms with Gasteiger partial charge in [-0.05, 0) is 55.8 Å². The zero-order chi connectivity index (χ0) is 11.0. The summed E-state index contributed by atoms with van der Waals surface area (Å²) in [5, 5.41) is 3.94. The lowest BCUT2D eigenvalue weighted by atomic mass is 9.65. The molecule has 0 aromatic carbocycles. The van der Waals surface area contributed by atoms with E-state index < -0.39 is 0 Å². The minimum Gasteiger partial charge on any atom is -0.313 e. The summed E-state index contributed by atoms with van der Waals surface area (Å²) in [6.07, 6.45) is 13.4. The molecule has 92 valence electrons. The molecule has 0 bridgehead atoms. The monoisotopic (exact) mass is 221 g/mol. The lowest BCUT2D eigenvalue weighted by molar-refractivity contribution is 0.0871. The van der Waals surface area contributed by atoms with Gasteiger partial charge in [0.25, 0.3) is 0 Å². The molecule has 3 rings (SSSR count). The maximum Gasteiger partial charge on any atom is 0.00929 e. The highest BCUT2D eigenvalue weighted by atomic mass is 14.9. The van der Waals surface area contributed by atoms with E-state index in [0.717, 1.165) is 23.3 Å². The molecule has 0 radical (unpaired) electrons. The minimum absolute atomic E-state index is 0.761. The number of nitrogens with one attached hydrogen (secondary N) is 1. The quantitative estimate of drug-likeness (QED) is 0.762. The summed E-state index contributed by atoms with van der Waals surface area (Å²) in [5.74, 6) is 2.03. The molecule has 0 heterocycles. The largest absolute Gasteiger partial charge is 0.313 e. The fourth-order valence-electron chi connectivity index (χ4n) is 4.01. The Morgan fingerprint density at radius 3 is 2.31 bits per heavy atom. The van der Waals surface area contributed by atoms with E-state index in [-0.39, 0.29) is 0 Å². The number of hydrogen-bond acceptors (Lipinski definition) is 1. The Morgan fingerprint density at radius 1 is 1.00 bits per heavy atom. The highest BCUT2D eigenvalue weighted by Crippen LogP contribution is 2.56. The van der Waals surface area contributed by atoms with E-state index in [1.54, 1.807) is 0 Å². The molecule has 0 spiro atoms. The molecule has 1 heteroatoms. The van der Waals surface area contributed by atoms with E-state index in [0.29, 0.717) is 0 Å². The standard InChI is InChI=1S/C15H27N/c1-12-5-2-3-6-14(12)16-11-15(9-4-10-15)13-7-8-13/h12-14,16H,2-11H2,1H3. The normalized spacial score (nSPS) is 38.1.